The van der Waals surface area contributed by atoms with Crippen molar-refractivity contribution in [3.05, 3.63) is 42.3 Å². The van der Waals surface area contributed by atoms with Gasteiger partial charge in [0.2, 0.25) is 5.43 Å². The summed E-state index contributed by atoms with van der Waals surface area (Å²) in [4.78, 5) is 43.1. The Morgan fingerprint density at radius 1 is 1.00 bits per heavy atom. The highest BCUT2D eigenvalue weighted by Crippen LogP contribution is 2.19. The number of aromatic nitrogens is 4. The number of nitrogens with one attached hydrogen (secondary N) is 2. The van der Waals surface area contributed by atoms with E-state index in [1.54, 1.807) is 0 Å². The van der Waals surface area contributed by atoms with Crippen LogP contribution in [0.25, 0.3) is 22.1 Å². The summed E-state index contributed by atoms with van der Waals surface area (Å²) in [6.45, 7) is 3.84. The summed E-state index contributed by atoms with van der Waals surface area (Å²) in [7, 11) is 2.90. The normalized spacial score (nSPS) is 11.6. The van der Waals surface area contributed by atoms with Gasteiger partial charge in [-0.1, -0.05) is 6.92 Å². The quantitative estimate of drug-likeness (QED) is 0.673. The Hall–Kier alpha value is -2.57. The summed E-state index contributed by atoms with van der Waals surface area (Å²) in [5.74, 6) is 0. The van der Waals surface area contributed by atoms with Crippen LogP contribution in [0.15, 0.2) is 14.4 Å². The number of aromatic amines is 2. The van der Waals surface area contributed by atoms with Gasteiger partial charge in [-0.2, -0.15) is 0 Å². The van der Waals surface area contributed by atoms with E-state index in [1.807, 2.05) is 13.8 Å². The fraction of sp³-hybridized carbons (Fsp3) is 0.357. The Bertz CT molecular complexity index is 1060. The fourth-order valence-corrected chi connectivity index (χ4v) is 2.89. The molecule has 0 aliphatic heterocycles. The molecule has 2 N–H and O–H groups in total. The zero-order valence-corrected chi connectivity index (χ0v) is 12.3. The van der Waals surface area contributed by atoms with E-state index in [9.17, 15) is 14.4 Å². The van der Waals surface area contributed by atoms with Gasteiger partial charge in [-0.15, -0.1) is 0 Å². The molecule has 0 spiro atoms. The molecule has 3 rings (SSSR count). The molecule has 0 bridgehead atoms. The molecule has 110 valence electrons. The Kier molecular flexibility index (Phi) is 2.69. The molecule has 0 aliphatic carbocycles. The van der Waals surface area contributed by atoms with Crippen LogP contribution in [0, 0.1) is 6.92 Å². The van der Waals surface area contributed by atoms with E-state index in [1.165, 1.54) is 18.7 Å². The largest absolute Gasteiger partial charge is 0.345 e. The van der Waals surface area contributed by atoms with Gasteiger partial charge in [-0.05, 0) is 18.9 Å². The van der Waals surface area contributed by atoms with E-state index in [4.69, 9.17) is 0 Å². The molecular weight excluding hydrogens is 272 g/mol. The van der Waals surface area contributed by atoms with Crippen LogP contribution in [-0.2, 0) is 20.5 Å². The zero-order valence-electron chi connectivity index (χ0n) is 12.3. The SMILES string of the molecule is CCc1c(C)[nH]c2[nH]c3c(c(=O)c12)c(=O)n(C)c(=O)n3C. The number of hydrogen-bond acceptors (Lipinski definition) is 3. The number of pyridine rings is 1. The average Bonchev–Trinajstić information content (AvgIpc) is 2.78. The minimum absolute atomic E-state index is 0.0146. The number of aryl methyl sites for hydroxylation is 3. The molecule has 21 heavy (non-hydrogen) atoms. The molecule has 7 heteroatoms. The molecule has 0 fully saturated rings. The van der Waals surface area contributed by atoms with Gasteiger partial charge in [0, 0.05) is 19.8 Å². The minimum Gasteiger partial charge on any atom is -0.345 e. The summed E-state index contributed by atoms with van der Waals surface area (Å²) in [6.07, 6.45) is 0.687. The first kappa shape index (κ1) is 13.4. The Morgan fingerprint density at radius 2 is 1.67 bits per heavy atom. The maximum atomic E-state index is 12.7. The second-order valence-electron chi connectivity index (χ2n) is 5.22. The predicted octanol–water partition coefficient (Wildman–Crippen LogP) is 0.278. The molecule has 3 aromatic heterocycles. The van der Waals surface area contributed by atoms with Crippen molar-refractivity contribution in [3.63, 3.8) is 0 Å². The van der Waals surface area contributed by atoms with Crippen LogP contribution in [0.4, 0.5) is 0 Å². The third kappa shape index (κ3) is 1.57. The van der Waals surface area contributed by atoms with E-state index in [0.717, 1.165) is 15.8 Å². The van der Waals surface area contributed by atoms with Gasteiger partial charge >= 0.3 is 5.69 Å². The molecule has 0 unspecified atom stereocenters. The molecule has 0 amide bonds. The maximum Gasteiger partial charge on any atom is 0.332 e. The van der Waals surface area contributed by atoms with Crippen molar-refractivity contribution in [1.82, 2.24) is 19.1 Å². The zero-order chi connectivity index (χ0) is 15.5. The smallest absolute Gasteiger partial charge is 0.332 e. The first-order valence-electron chi connectivity index (χ1n) is 6.71. The number of hydrogen-bond donors (Lipinski definition) is 2. The Morgan fingerprint density at radius 3 is 2.29 bits per heavy atom. The lowest BCUT2D eigenvalue weighted by Gasteiger charge is -2.07. The van der Waals surface area contributed by atoms with Gasteiger partial charge in [-0.3, -0.25) is 18.7 Å². The molecule has 0 saturated heterocycles. The van der Waals surface area contributed by atoms with E-state index >= 15 is 0 Å². The van der Waals surface area contributed by atoms with Crippen molar-refractivity contribution in [2.24, 2.45) is 14.1 Å². The summed E-state index contributed by atoms with van der Waals surface area (Å²) in [5, 5.41) is 0.513. The van der Waals surface area contributed by atoms with E-state index in [-0.39, 0.29) is 16.5 Å². The number of fused-ring (bicyclic) bond motifs is 2. The average molecular weight is 288 g/mol. The number of rotatable bonds is 1. The highest BCUT2D eigenvalue weighted by atomic mass is 16.2. The lowest BCUT2D eigenvalue weighted by Crippen LogP contribution is -2.39. The molecule has 7 nitrogen and oxygen atoms in total. The second kappa shape index (κ2) is 4.21. The molecular formula is C14H16N4O3. The first-order chi connectivity index (χ1) is 9.88. The Balaban J connectivity index is 2.75. The van der Waals surface area contributed by atoms with Gasteiger partial charge in [0.1, 0.15) is 16.7 Å². The molecule has 0 atom stereocenters. The lowest BCUT2D eigenvalue weighted by atomic mass is 10.1. The summed E-state index contributed by atoms with van der Waals surface area (Å²) < 4.78 is 2.23. The molecule has 0 aliphatic rings. The second-order valence-corrected chi connectivity index (χ2v) is 5.22. The predicted molar refractivity (Wildman–Crippen MR) is 81.0 cm³/mol. The standard InChI is InChI=1S/C14H16N4O3/c1-5-7-6(2)15-11-8(7)10(19)9-12(16-11)17(3)14(21)18(4)13(9)20/h5H2,1-4H3,(H2,15,16,19). The Labute approximate surface area is 118 Å². The number of nitrogens with zero attached hydrogens (tertiary/aromatic N) is 2. The molecule has 3 heterocycles. The lowest BCUT2D eigenvalue weighted by molar-refractivity contribution is 0.708. The summed E-state index contributed by atoms with van der Waals surface area (Å²) in [6, 6.07) is 0. The van der Waals surface area contributed by atoms with Crippen LogP contribution in [0.3, 0.4) is 0 Å². The summed E-state index contributed by atoms with van der Waals surface area (Å²) >= 11 is 0. The molecule has 0 radical (unpaired) electrons. The van der Waals surface area contributed by atoms with Crippen molar-refractivity contribution in [3.8, 4) is 0 Å². The first-order valence-corrected chi connectivity index (χ1v) is 6.71. The van der Waals surface area contributed by atoms with Gasteiger partial charge < -0.3 is 9.97 Å². The van der Waals surface area contributed by atoms with Crippen LogP contribution >= 0.6 is 0 Å². The van der Waals surface area contributed by atoms with Crippen LogP contribution in [-0.4, -0.2) is 19.1 Å². The van der Waals surface area contributed by atoms with Crippen LogP contribution in [0.2, 0.25) is 0 Å². The third-order valence-electron chi connectivity index (χ3n) is 4.03. The highest BCUT2D eigenvalue weighted by molar-refractivity contribution is 5.91. The monoisotopic (exact) mass is 288 g/mol. The minimum atomic E-state index is -0.572. The van der Waals surface area contributed by atoms with Crippen LogP contribution < -0.4 is 16.7 Å². The summed E-state index contributed by atoms with van der Waals surface area (Å²) in [5.41, 5.74) is 1.19. The van der Waals surface area contributed by atoms with Crippen LogP contribution in [0.5, 0.6) is 0 Å². The molecule has 0 saturated carbocycles. The van der Waals surface area contributed by atoms with Crippen molar-refractivity contribution >= 4 is 22.1 Å². The van der Waals surface area contributed by atoms with E-state index < -0.39 is 11.2 Å². The van der Waals surface area contributed by atoms with Gasteiger partial charge in [-0.25, -0.2) is 4.79 Å². The van der Waals surface area contributed by atoms with Crippen molar-refractivity contribution in [2.45, 2.75) is 20.3 Å². The number of H-pyrrole nitrogens is 2. The van der Waals surface area contributed by atoms with Gasteiger partial charge in [0.25, 0.3) is 5.56 Å². The maximum absolute atomic E-state index is 12.7. The van der Waals surface area contributed by atoms with Gasteiger partial charge in [0.05, 0.1) is 5.39 Å². The fourth-order valence-electron chi connectivity index (χ4n) is 2.89. The van der Waals surface area contributed by atoms with Crippen molar-refractivity contribution in [1.29, 1.82) is 0 Å². The van der Waals surface area contributed by atoms with Crippen molar-refractivity contribution in [2.75, 3.05) is 0 Å². The van der Waals surface area contributed by atoms with Crippen LogP contribution in [0.1, 0.15) is 18.2 Å². The molecule has 0 aromatic carbocycles. The third-order valence-corrected chi connectivity index (χ3v) is 4.03. The van der Waals surface area contributed by atoms with E-state index in [0.29, 0.717) is 17.5 Å². The van der Waals surface area contributed by atoms with E-state index in [2.05, 4.69) is 9.97 Å². The topological polar surface area (TPSA) is 92.7 Å². The van der Waals surface area contributed by atoms with Crippen molar-refractivity contribution < 1.29 is 0 Å². The van der Waals surface area contributed by atoms with Gasteiger partial charge in [0.15, 0.2) is 0 Å². The molecule has 3 aromatic rings. The highest BCUT2D eigenvalue weighted by Gasteiger charge is 2.18.